The molecule has 1 saturated heterocycles. The predicted octanol–water partition coefficient (Wildman–Crippen LogP) is 1.27. The molecule has 2 aliphatic heterocycles. The van der Waals surface area contributed by atoms with Crippen molar-refractivity contribution in [3.05, 3.63) is 46.8 Å². The summed E-state index contributed by atoms with van der Waals surface area (Å²) in [5.74, 6) is 0.407. The number of nitrogens with zero attached hydrogens (tertiary/aromatic N) is 4. The van der Waals surface area contributed by atoms with Crippen molar-refractivity contribution in [2.75, 3.05) is 39.5 Å². The van der Waals surface area contributed by atoms with Crippen LogP contribution in [0.3, 0.4) is 0 Å². The summed E-state index contributed by atoms with van der Waals surface area (Å²) in [5.41, 5.74) is 3.17. The highest BCUT2D eigenvalue weighted by atomic mass is 16.5. The first-order chi connectivity index (χ1) is 17.0. The fourth-order valence-electron chi connectivity index (χ4n) is 4.43. The van der Waals surface area contributed by atoms with E-state index in [4.69, 9.17) is 9.47 Å². The van der Waals surface area contributed by atoms with Gasteiger partial charge in [-0.2, -0.15) is 5.10 Å². The van der Waals surface area contributed by atoms with Crippen molar-refractivity contribution in [1.29, 1.82) is 0 Å². The van der Waals surface area contributed by atoms with Gasteiger partial charge in [-0.15, -0.1) is 0 Å². The molecule has 0 aliphatic carbocycles. The van der Waals surface area contributed by atoms with Crippen LogP contribution < -0.4 is 10.1 Å². The monoisotopic (exact) mass is 483 g/mol. The van der Waals surface area contributed by atoms with Gasteiger partial charge in [-0.05, 0) is 24.6 Å². The Bertz CT molecular complexity index is 1060. The van der Waals surface area contributed by atoms with Crippen LogP contribution in [-0.4, -0.2) is 76.8 Å². The van der Waals surface area contributed by atoms with Crippen LogP contribution in [0.15, 0.2) is 24.3 Å². The van der Waals surface area contributed by atoms with Gasteiger partial charge in [-0.25, -0.2) is 0 Å². The summed E-state index contributed by atoms with van der Waals surface area (Å²) < 4.78 is 12.5. The molecule has 0 saturated carbocycles. The van der Waals surface area contributed by atoms with Crippen LogP contribution >= 0.6 is 0 Å². The molecular weight excluding hydrogens is 450 g/mol. The van der Waals surface area contributed by atoms with Crippen molar-refractivity contribution in [3.63, 3.8) is 0 Å². The molecule has 0 bridgehead atoms. The first-order valence-electron chi connectivity index (χ1n) is 12.1. The van der Waals surface area contributed by atoms with Crippen molar-refractivity contribution in [1.82, 2.24) is 24.9 Å². The van der Waals surface area contributed by atoms with E-state index >= 15 is 0 Å². The Morgan fingerprint density at radius 2 is 1.80 bits per heavy atom. The summed E-state index contributed by atoms with van der Waals surface area (Å²) in [6.45, 7) is 5.93. The van der Waals surface area contributed by atoms with Crippen LogP contribution in [0.25, 0.3) is 0 Å². The van der Waals surface area contributed by atoms with Crippen molar-refractivity contribution in [3.8, 4) is 5.75 Å². The van der Waals surface area contributed by atoms with Crippen LogP contribution in [0, 0.1) is 0 Å². The zero-order valence-electron chi connectivity index (χ0n) is 20.4. The Morgan fingerprint density at radius 1 is 1.06 bits per heavy atom. The van der Waals surface area contributed by atoms with E-state index < -0.39 is 0 Å². The van der Waals surface area contributed by atoms with Gasteiger partial charge in [0.2, 0.25) is 11.8 Å². The number of benzene rings is 1. The average molecular weight is 484 g/mol. The van der Waals surface area contributed by atoms with Gasteiger partial charge in [0.25, 0.3) is 5.91 Å². The molecule has 35 heavy (non-hydrogen) atoms. The molecule has 1 N–H and O–H groups in total. The number of fused-ring (bicyclic) bond motifs is 1. The Labute approximate surface area is 205 Å². The third-order valence-corrected chi connectivity index (χ3v) is 6.39. The lowest BCUT2D eigenvalue weighted by atomic mass is 10.0. The molecular formula is C25H33N5O5. The molecule has 2 aromatic rings. The molecule has 1 aromatic carbocycles. The molecule has 3 heterocycles. The number of ether oxygens (including phenoxy) is 2. The number of morpholine rings is 1. The third-order valence-electron chi connectivity index (χ3n) is 6.39. The molecule has 2 aliphatic rings. The van der Waals surface area contributed by atoms with Crippen molar-refractivity contribution < 1.29 is 23.9 Å². The van der Waals surface area contributed by atoms with E-state index in [1.54, 1.807) is 14.5 Å². The summed E-state index contributed by atoms with van der Waals surface area (Å²) in [4.78, 5) is 41.7. The van der Waals surface area contributed by atoms with Crippen LogP contribution in [0.4, 0.5) is 0 Å². The summed E-state index contributed by atoms with van der Waals surface area (Å²) in [6, 6.07) is 7.56. The maximum Gasteiger partial charge on any atom is 0.274 e. The normalized spacial score (nSPS) is 15.5. The van der Waals surface area contributed by atoms with Crippen LogP contribution in [0.5, 0.6) is 5.75 Å². The lowest BCUT2D eigenvalue weighted by molar-refractivity contribution is -0.134. The van der Waals surface area contributed by atoms with E-state index in [1.165, 1.54) is 0 Å². The first-order valence-corrected chi connectivity index (χ1v) is 12.1. The minimum Gasteiger partial charge on any atom is -0.494 e. The number of carbonyl (C=O) groups excluding carboxylic acids is 3. The molecule has 0 radical (unpaired) electrons. The Morgan fingerprint density at radius 3 is 2.51 bits per heavy atom. The molecule has 4 rings (SSSR count). The van der Waals surface area contributed by atoms with Crippen molar-refractivity contribution >= 4 is 17.7 Å². The molecule has 10 heteroatoms. The van der Waals surface area contributed by atoms with Crippen LogP contribution in [0.1, 0.15) is 47.1 Å². The van der Waals surface area contributed by atoms with E-state index in [1.807, 2.05) is 38.2 Å². The highest BCUT2D eigenvalue weighted by molar-refractivity contribution is 5.94. The van der Waals surface area contributed by atoms with E-state index in [0.717, 1.165) is 22.6 Å². The molecule has 1 fully saturated rings. The number of rotatable bonds is 8. The second-order valence-electron chi connectivity index (χ2n) is 8.72. The van der Waals surface area contributed by atoms with Gasteiger partial charge in [0.15, 0.2) is 5.69 Å². The second kappa shape index (κ2) is 11.4. The summed E-state index contributed by atoms with van der Waals surface area (Å²) >= 11 is 0. The van der Waals surface area contributed by atoms with E-state index in [0.29, 0.717) is 64.7 Å². The Kier molecular flexibility index (Phi) is 8.02. The van der Waals surface area contributed by atoms with E-state index in [2.05, 4.69) is 10.4 Å². The lowest BCUT2D eigenvalue weighted by Crippen LogP contribution is -2.42. The van der Waals surface area contributed by atoms with E-state index in [9.17, 15) is 14.4 Å². The number of aromatic nitrogens is 2. The summed E-state index contributed by atoms with van der Waals surface area (Å²) in [5, 5.41) is 7.34. The molecule has 0 unspecified atom stereocenters. The lowest BCUT2D eigenvalue weighted by Gasteiger charge is -2.29. The number of hydrogen-bond donors (Lipinski definition) is 1. The minimum absolute atomic E-state index is 0.0968. The maximum atomic E-state index is 13.0. The van der Waals surface area contributed by atoms with E-state index in [-0.39, 0.29) is 30.6 Å². The minimum atomic E-state index is -0.172. The summed E-state index contributed by atoms with van der Waals surface area (Å²) in [6.07, 6.45) is 0.869. The van der Waals surface area contributed by atoms with Gasteiger partial charge in [0.05, 0.1) is 19.8 Å². The van der Waals surface area contributed by atoms with Gasteiger partial charge in [0, 0.05) is 70.3 Å². The predicted molar refractivity (Wildman–Crippen MR) is 128 cm³/mol. The number of carbonyl (C=O) groups is 3. The van der Waals surface area contributed by atoms with Gasteiger partial charge >= 0.3 is 0 Å². The van der Waals surface area contributed by atoms with Crippen molar-refractivity contribution in [2.45, 2.75) is 39.3 Å². The zero-order valence-corrected chi connectivity index (χ0v) is 20.4. The molecule has 0 atom stereocenters. The van der Waals surface area contributed by atoms with Gasteiger partial charge < -0.3 is 24.6 Å². The standard InChI is InChI=1S/C25H33N5O5/c1-3-35-19-6-4-18(5-7-19)16-26-22(31)8-9-23(32)30-11-10-21-20(17-30)24(27-28(21)2)25(33)29-12-14-34-15-13-29/h4-7H,3,8-17H2,1-2H3,(H,26,31). The first kappa shape index (κ1) is 24.7. The van der Waals surface area contributed by atoms with Crippen LogP contribution in [-0.2, 0) is 40.9 Å². The highest BCUT2D eigenvalue weighted by Crippen LogP contribution is 2.24. The number of amides is 3. The molecule has 188 valence electrons. The molecule has 1 aromatic heterocycles. The second-order valence-corrected chi connectivity index (χ2v) is 8.72. The summed E-state index contributed by atoms with van der Waals surface area (Å²) in [7, 11) is 1.83. The Balaban J connectivity index is 1.29. The highest BCUT2D eigenvalue weighted by Gasteiger charge is 2.31. The number of aryl methyl sites for hydroxylation is 1. The zero-order chi connectivity index (χ0) is 24.8. The number of nitrogens with one attached hydrogen (secondary N) is 1. The largest absolute Gasteiger partial charge is 0.494 e. The molecule has 3 amide bonds. The quantitative estimate of drug-likeness (QED) is 0.606. The Hall–Kier alpha value is -3.40. The smallest absolute Gasteiger partial charge is 0.274 e. The SMILES string of the molecule is CCOc1ccc(CNC(=O)CCC(=O)N2CCc3c(c(C(=O)N4CCOCC4)nn3C)C2)cc1. The fourth-order valence-corrected chi connectivity index (χ4v) is 4.43. The van der Waals surface area contributed by atoms with Crippen LogP contribution in [0.2, 0.25) is 0 Å². The molecule has 0 spiro atoms. The number of hydrogen-bond acceptors (Lipinski definition) is 6. The van der Waals surface area contributed by atoms with Gasteiger partial charge in [-0.1, -0.05) is 12.1 Å². The van der Waals surface area contributed by atoms with Gasteiger partial charge in [-0.3, -0.25) is 19.1 Å². The van der Waals surface area contributed by atoms with Crippen molar-refractivity contribution in [2.24, 2.45) is 7.05 Å². The van der Waals surface area contributed by atoms with Gasteiger partial charge in [0.1, 0.15) is 5.75 Å². The maximum absolute atomic E-state index is 13.0. The average Bonchev–Trinajstić information content (AvgIpc) is 3.22. The third kappa shape index (κ3) is 6.00. The molecule has 10 nitrogen and oxygen atoms in total. The topological polar surface area (TPSA) is 106 Å². The fraction of sp³-hybridized carbons (Fsp3) is 0.520.